The van der Waals surface area contributed by atoms with Crippen molar-refractivity contribution in [1.82, 2.24) is 4.98 Å². The van der Waals surface area contributed by atoms with Gasteiger partial charge >= 0.3 is 5.97 Å². The SMILES string of the molecule is CC(C)CCN(c1ccnc(C(=O)O)c1)C1CCCC1. The molecule has 0 spiro atoms. The maximum Gasteiger partial charge on any atom is 0.354 e. The van der Waals surface area contributed by atoms with E-state index in [1.54, 1.807) is 12.3 Å². The van der Waals surface area contributed by atoms with Crippen LogP contribution in [-0.2, 0) is 0 Å². The molecular weight excluding hydrogens is 252 g/mol. The second kappa shape index (κ2) is 6.73. The summed E-state index contributed by atoms with van der Waals surface area (Å²) >= 11 is 0. The Morgan fingerprint density at radius 1 is 1.45 bits per heavy atom. The number of anilines is 1. The zero-order valence-corrected chi connectivity index (χ0v) is 12.4. The Morgan fingerprint density at radius 2 is 2.15 bits per heavy atom. The van der Waals surface area contributed by atoms with E-state index >= 15 is 0 Å². The quantitative estimate of drug-likeness (QED) is 0.863. The van der Waals surface area contributed by atoms with Gasteiger partial charge in [0.15, 0.2) is 0 Å². The van der Waals surface area contributed by atoms with Crippen molar-refractivity contribution in [2.24, 2.45) is 5.92 Å². The number of rotatable bonds is 6. The van der Waals surface area contributed by atoms with E-state index in [-0.39, 0.29) is 5.69 Å². The molecule has 1 saturated carbocycles. The van der Waals surface area contributed by atoms with Crippen molar-refractivity contribution < 1.29 is 9.90 Å². The molecule has 0 radical (unpaired) electrons. The van der Waals surface area contributed by atoms with Crippen molar-refractivity contribution in [3.63, 3.8) is 0 Å². The van der Waals surface area contributed by atoms with Gasteiger partial charge < -0.3 is 10.0 Å². The number of hydrogen-bond acceptors (Lipinski definition) is 3. The maximum absolute atomic E-state index is 11.1. The average Bonchev–Trinajstić information content (AvgIpc) is 2.93. The molecule has 0 aromatic carbocycles. The number of carbonyl (C=O) groups is 1. The lowest BCUT2D eigenvalue weighted by Crippen LogP contribution is -2.35. The highest BCUT2D eigenvalue weighted by atomic mass is 16.4. The Labute approximate surface area is 120 Å². The van der Waals surface area contributed by atoms with Crippen molar-refractivity contribution in [2.75, 3.05) is 11.4 Å². The second-order valence-corrected chi connectivity index (χ2v) is 6.02. The van der Waals surface area contributed by atoms with E-state index < -0.39 is 5.97 Å². The zero-order chi connectivity index (χ0) is 14.5. The van der Waals surface area contributed by atoms with E-state index in [9.17, 15) is 4.79 Å². The molecule has 0 aliphatic heterocycles. The fourth-order valence-electron chi connectivity index (χ4n) is 2.85. The number of pyridine rings is 1. The van der Waals surface area contributed by atoms with E-state index in [1.165, 1.54) is 25.7 Å². The summed E-state index contributed by atoms with van der Waals surface area (Å²) in [6.07, 6.45) is 7.71. The Bertz CT molecular complexity index is 454. The second-order valence-electron chi connectivity index (χ2n) is 6.02. The molecule has 0 unspecified atom stereocenters. The molecule has 20 heavy (non-hydrogen) atoms. The van der Waals surface area contributed by atoms with Gasteiger partial charge in [0, 0.05) is 24.5 Å². The summed E-state index contributed by atoms with van der Waals surface area (Å²) in [5, 5.41) is 9.09. The van der Waals surface area contributed by atoms with Gasteiger partial charge in [-0.15, -0.1) is 0 Å². The highest BCUT2D eigenvalue weighted by molar-refractivity contribution is 5.86. The standard InChI is InChI=1S/C16H24N2O2/c1-12(2)8-10-18(13-5-3-4-6-13)14-7-9-17-15(11-14)16(19)20/h7,9,11-13H,3-6,8,10H2,1-2H3,(H,19,20). The first-order valence-corrected chi connectivity index (χ1v) is 7.54. The molecule has 1 heterocycles. The molecule has 1 aromatic rings. The van der Waals surface area contributed by atoms with Crippen molar-refractivity contribution in [3.05, 3.63) is 24.0 Å². The third kappa shape index (κ3) is 3.71. The number of carboxylic acids is 1. The molecule has 4 nitrogen and oxygen atoms in total. The predicted molar refractivity (Wildman–Crippen MR) is 80.3 cm³/mol. The van der Waals surface area contributed by atoms with Gasteiger partial charge in [-0.05, 0) is 37.3 Å². The zero-order valence-electron chi connectivity index (χ0n) is 12.4. The monoisotopic (exact) mass is 276 g/mol. The molecular formula is C16H24N2O2. The molecule has 1 aromatic heterocycles. The normalized spacial score (nSPS) is 15.8. The minimum Gasteiger partial charge on any atom is -0.477 e. The number of hydrogen-bond donors (Lipinski definition) is 1. The van der Waals surface area contributed by atoms with Gasteiger partial charge in [0.1, 0.15) is 5.69 Å². The van der Waals surface area contributed by atoms with Crippen LogP contribution in [0.3, 0.4) is 0 Å². The topological polar surface area (TPSA) is 53.4 Å². The molecule has 1 fully saturated rings. The van der Waals surface area contributed by atoms with Crippen LogP contribution >= 0.6 is 0 Å². The Morgan fingerprint density at radius 3 is 2.75 bits per heavy atom. The Hall–Kier alpha value is -1.58. The molecule has 0 saturated heterocycles. The fraction of sp³-hybridized carbons (Fsp3) is 0.625. The molecule has 110 valence electrons. The fourth-order valence-corrected chi connectivity index (χ4v) is 2.85. The lowest BCUT2D eigenvalue weighted by atomic mass is 10.1. The first-order valence-electron chi connectivity index (χ1n) is 7.54. The van der Waals surface area contributed by atoms with E-state index in [2.05, 4.69) is 23.7 Å². The molecule has 0 bridgehead atoms. The van der Waals surface area contributed by atoms with Crippen molar-refractivity contribution >= 4 is 11.7 Å². The number of nitrogens with zero attached hydrogens (tertiary/aromatic N) is 2. The summed E-state index contributed by atoms with van der Waals surface area (Å²) < 4.78 is 0. The maximum atomic E-state index is 11.1. The van der Waals surface area contributed by atoms with Crippen molar-refractivity contribution in [2.45, 2.75) is 52.0 Å². The number of aromatic nitrogens is 1. The third-order valence-corrected chi connectivity index (χ3v) is 4.01. The smallest absolute Gasteiger partial charge is 0.354 e. The van der Waals surface area contributed by atoms with Crippen LogP contribution in [-0.4, -0.2) is 28.6 Å². The summed E-state index contributed by atoms with van der Waals surface area (Å²) in [4.78, 5) is 17.4. The highest BCUT2D eigenvalue weighted by Gasteiger charge is 2.23. The number of aromatic carboxylic acids is 1. The first kappa shape index (κ1) is 14.8. The number of carboxylic acid groups (broad SMARTS) is 1. The summed E-state index contributed by atoms with van der Waals surface area (Å²) in [7, 11) is 0. The van der Waals surface area contributed by atoms with Crippen LogP contribution in [0.4, 0.5) is 5.69 Å². The summed E-state index contributed by atoms with van der Waals surface area (Å²) in [5.74, 6) is -0.304. The largest absolute Gasteiger partial charge is 0.477 e. The van der Waals surface area contributed by atoms with E-state index in [0.29, 0.717) is 12.0 Å². The molecule has 0 amide bonds. The first-order chi connectivity index (χ1) is 9.58. The molecule has 4 heteroatoms. The predicted octanol–water partition coefficient (Wildman–Crippen LogP) is 3.57. The van der Waals surface area contributed by atoms with Gasteiger partial charge in [0.25, 0.3) is 0 Å². The van der Waals surface area contributed by atoms with Crippen LogP contribution in [0, 0.1) is 5.92 Å². The highest BCUT2D eigenvalue weighted by Crippen LogP contribution is 2.29. The molecule has 2 rings (SSSR count). The van der Waals surface area contributed by atoms with Gasteiger partial charge in [-0.25, -0.2) is 9.78 Å². The Kier molecular flexibility index (Phi) is 4.99. The minimum atomic E-state index is -0.956. The van der Waals surface area contributed by atoms with Gasteiger partial charge in [-0.2, -0.15) is 0 Å². The van der Waals surface area contributed by atoms with E-state index in [1.807, 2.05) is 6.07 Å². The molecule has 0 atom stereocenters. The van der Waals surface area contributed by atoms with Crippen LogP contribution in [0.2, 0.25) is 0 Å². The van der Waals surface area contributed by atoms with Gasteiger partial charge in [-0.3, -0.25) is 0 Å². The van der Waals surface area contributed by atoms with Crippen molar-refractivity contribution in [1.29, 1.82) is 0 Å². The molecule has 1 N–H and O–H groups in total. The van der Waals surface area contributed by atoms with Gasteiger partial charge in [0.05, 0.1) is 0 Å². The van der Waals surface area contributed by atoms with Crippen LogP contribution in [0.1, 0.15) is 56.4 Å². The Balaban J connectivity index is 2.20. The van der Waals surface area contributed by atoms with Crippen molar-refractivity contribution in [3.8, 4) is 0 Å². The van der Waals surface area contributed by atoms with Gasteiger partial charge in [-0.1, -0.05) is 26.7 Å². The summed E-state index contributed by atoms with van der Waals surface area (Å²) in [6.45, 7) is 5.44. The summed E-state index contributed by atoms with van der Waals surface area (Å²) in [6, 6.07) is 4.20. The van der Waals surface area contributed by atoms with Gasteiger partial charge in [0.2, 0.25) is 0 Å². The third-order valence-electron chi connectivity index (χ3n) is 4.01. The molecule has 1 aliphatic rings. The lowest BCUT2D eigenvalue weighted by Gasteiger charge is -2.32. The van der Waals surface area contributed by atoms with E-state index in [0.717, 1.165) is 18.7 Å². The van der Waals surface area contributed by atoms with Crippen LogP contribution in [0.25, 0.3) is 0 Å². The van der Waals surface area contributed by atoms with E-state index in [4.69, 9.17) is 5.11 Å². The average molecular weight is 276 g/mol. The summed E-state index contributed by atoms with van der Waals surface area (Å²) in [5.41, 5.74) is 1.14. The van der Waals surface area contributed by atoms with Crippen LogP contribution < -0.4 is 4.90 Å². The minimum absolute atomic E-state index is 0.134. The van der Waals surface area contributed by atoms with Crippen LogP contribution in [0.5, 0.6) is 0 Å². The van der Waals surface area contributed by atoms with Crippen LogP contribution in [0.15, 0.2) is 18.3 Å². The molecule has 1 aliphatic carbocycles. The lowest BCUT2D eigenvalue weighted by molar-refractivity contribution is 0.0690.